The molecule has 1 rings (SSSR count). The molecule has 2 N–H and O–H groups in total. The third-order valence-corrected chi connectivity index (χ3v) is 2.37. The van der Waals surface area contributed by atoms with E-state index in [1.165, 1.54) is 0 Å². The van der Waals surface area contributed by atoms with Crippen molar-refractivity contribution in [1.82, 2.24) is 5.32 Å². The van der Waals surface area contributed by atoms with Crippen LogP contribution in [0, 0.1) is 17.8 Å². The van der Waals surface area contributed by atoms with E-state index in [1.54, 1.807) is 0 Å². The molecular formula is C9H13NO2. The highest BCUT2D eigenvalue weighted by molar-refractivity contribution is 5.75. The second-order valence-corrected chi connectivity index (χ2v) is 3.25. The smallest absolute Gasteiger partial charge is 0.311 e. The van der Waals surface area contributed by atoms with Gasteiger partial charge in [-0.25, -0.2) is 0 Å². The zero-order valence-electron chi connectivity index (χ0n) is 6.97. The first kappa shape index (κ1) is 9.08. The van der Waals surface area contributed by atoms with Crippen LogP contribution in [0.5, 0.6) is 0 Å². The van der Waals surface area contributed by atoms with Gasteiger partial charge >= 0.3 is 5.97 Å². The van der Waals surface area contributed by atoms with Gasteiger partial charge in [0.25, 0.3) is 0 Å². The highest BCUT2D eigenvalue weighted by Crippen LogP contribution is 2.29. The van der Waals surface area contributed by atoms with E-state index < -0.39 is 11.4 Å². The normalized spacial score (nSPS) is 29.2. The fourth-order valence-electron chi connectivity index (χ4n) is 1.57. The highest BCUT2D eigenvalue weighted by Gasteiger charge is 2.38. The van der Waals surface area contributed by atoms with E-state index in [2.05, 4.69) is 11.2 Å². The Morgan fingerprint density at radius 3 is 2.92 bits per heavy atom. The molecule has 0 spiro atoms. The van der Waals surface area contributed by atoms with Crippen molar-refractivity contribution in [3.63, 3.8) is 0 Å². The van der Waals surface area contributed by atoms with Gasteiger partial charge in [0.2, 0.25) is 0 Å². The Morgan fingerprint density at radius 2 is 2.50 bits per heavy atom. The second kappa shape index (κ2) is 3.59. The van der Waals surface area contributed by atoms with Gasteiger partial charge < -0.3 is 10.4 Å². The predicted octanol–water partition coefficient (Wildman–Crippen LogP) is 0.464. The Bertz CT molecular complexity index is 211. The van der Waals surface area contributed by atoms with Gasteiger partial charge in [0.15, 0.2) is 0 Å². The van der Waals surface area contributed by atoms with Crippen LogP contribution in [0.1, 0.15) is 19.3 Å². The van der Waals surface area contributed by atoms with Crippen molar-refractivity contribution in [2.24, 2.45) is 5.41 Å². The van der Waals surface area contributed by atoms with E-state index in [4.69, 9.17) is 11.5 Å². The summed E-state index contributed by atoms with van der Waals surface area (Å²) < 4.78 is 0. The standard InChI is InChI=1S/C9H13NO2/c1-2-4-9(8(11)12)5-3-6-10-7-9/h1,10H,3-7H2,(H,11,12). The first-order chi connectivity index (χ1) is 5.71. The third kappa shape index (κ3) is 1.59. The lowest BCUT2D eigenvalue weighted by molar-refractivity contribution is -0.149. The average molecular weight is 167 g/mol. The summed E-state index contributed by atoms with van der Waals surface area (Å²) in [5.74, 6) is 1.67. The minimum atomic E-state index is -0.771. The third-order valence-electron chi connectivity index (χ3n) is 2.37. The number of piperidine rings is 1. The van der Waals surface area contributed by atoms with Gasteiger partial charge in [0, 0.05) is 13.0 Å². The molecule has 1 unspecified atom stereocenters. The number of nitrogens with one attached hydrogen (secondary N) is 1. The summed E-state index contributed by atoms with van der Waals surface area (Å²) >= 11 is 0. The fraction of sp³-hybridized carbons (Fsp3) is 0.667. The van der Waals surface area contributed by atoms with Gasteiger partial charge in [-0.3, -0.25) is 4.79 Å². The van der Waals surface area contributed by atoms with E-state index in [0.29, 0.717) is 19.4 Å². The number of terminal acetylenes is 1. The largest absolute Gasteiger partial charge is 0.481 e. The number of hydrogen-bond donors (Lipinski definition) is 2. The molecule has 1 aliphatic heterocycles. The van der Waals surface area contributed by atoms with E-state index >= 15 is 0 Å². The molecule has 1 aliphatic rings. The number of carboxylic acid groups (broad SMARTS) is 1. The zero-order chi connectivity index (χ0) is 9.03. The number of aliphatic carboxylic acids is 1. The molecular weight excluding hydrogens is 154 g/mol. The predicted molar refractivity (Wildman–Crippen MR) is 45.6 cm³/mol. The first-order valence-electron chi connectivity index (χ1n) is 4.09. The summed E-state index contributed by atoms with van der Waals surface area (Å²) in [6.07, 6.45) is 7.06. The van der Waals surface area contributed by atoms with Crippen molar-refractivity contribution in [2.45, 2.75) is 19.3 Å². The molecule has 1 saturated heterocycles. The Balaban J connectivity index is 2.71. The Hall–Kier alpha value is -1.01. The van der Waals surface area contributed by atoms with Crippen LogP contribution < -0.4 is 5.32 Å². The molecule has 66 valence electrons. The molecule has 1 atom stereocenters. The van der Waals surface area contributed by atoms with Crippen LogP contribution in [-0.2, 0) is 4.79 Å². The molecule has 3 nitrogen and oxygen atoms in total. The Labute approximate surface area is 72.2 Å². The van der Waals surface area contributed by atoms with Gasteiger partial charge in [0.05, 0.1) is 5.41 Å². The minimum Gasteiger partial charge on any atom is -0.481 e. The van der Waals surface area contributed by atoms with Crippen LogP contribution in [-0.4, -0.2) is 24.2 Å². The highest BCUT2D eigenvalue weighted by atomic mass is 16.4. The minimum absolute atomic E-state index is 0.329. The van der Waals surface area contributed by atoms with Crippen LogP contribution in [0.25, 0.3) is 0 Å². The number of rotatable bonds is 2. The van der Waals surface area contributed by atoms with Crippen molar-refractivity contribution in [1.29, 1.82) is 0 Å². The number of carboxylic acids is 1. The summed E-state index contributed by atoms with van der Waals surface area (Å²) in [4.78, 5) is 10.9. The summed E-state index contributed by atoms with van der Waals surface area (Å²) in [6, 6.07) is 0. The molecule has 0 saturated carbocycles. The van der Waals surface area contributed by atoms with Crippen molar-refractivity contribution in [3.05, 3.63) is 0 Å². The van der Waals surface area contributed by atoms with E-state index in [1.807, 2.05) is 0 Å². The van der Waals surface area contributed by atoms with Crippen molar-refractivity contribution < 1.29 is 9.90 Å². The van der Waals surface area contributed by atoms with Crippen molar-refractivity contribution in [2.75, 3.05) is 13.1 Å². The lowest BCUT2D eigenvalue weighted by atomic mass is 9.78. The maximum atomic E-state index is 10.9. The monoisotopic (exact) mass is 167 g/mol. The van der Waals surface area contributed by atoms with Crippen molar-refractivity contribution >= 4 is 5.97 Å². The average Bonchev–Trinajstić information content (AvgIpc) is 2.06. The first-order valence-corrected chi connectivity index (χ1v) is 4.09. The summed E-state index contributed by atoms with van der Waals surface area (Å²) in [5, 5.41) is 12.0. The second-order valence-electron chi connectivity index (χ2n) is 3.25. The fourth-order valence-corrected chi connectivity index (χ4v) is 1.57. The number of carbonyl (C=O) groups is 1. The molecule has 1 heterocycles. The van der Waals surface area contributed by atoms with Crippen molar-refractivity contribution in [3.8, 4) is 12.3 Å². The van der Waals surface area contributed by atoms with Gasteiger partial charge in [-0.2, -0.15) is 0 Å². The molecule has 0 aromatic rings. The maximum absolute atomic E-state index is 10.9. The SMILES string of the molecule is C#CCC1(C(=O)O)CCCNC1. The van der Waals surface area contributed by atoms with Crippen LogP contribution in [0.4, 0.5) is 0 Å². The lowest BCUT2D eigenvalue weighted by Gasteiger charge is -2.31. The summed E-state index contributed by atoms with van der Waals surface area (Å²) in [7, 11) is 0. The Kier molecular flexibility index (Phi) is 2.72. The summed E-state index contributed by atoms with van der Waals surface area (Å²) in [6.45, 7) is 1.41. The number of hydrogen-bond acceptors (Lipinski definition) is 2. The van der Waals surface area contributed by atoms with Gasteiger partial charge in [-0.1, -0.05) is 0 Å². The van der Waals surface area contributed by atoms with Gasteiger partial charge in [-0.15, -0.1) is 12.3 Å². The van der Waals surface area contributed by atoms with Gasteiger partial charge in [0.1, 0.15) is 0 Å². The molecule has 0 amide bonds. The van der Waals surface area contributed by atoms with Crippen LogP contribution in [0.3, 0.4) is 0 Å². The molecule has 0 aromatic carbocycles. The molecule has 0 aliphatic carbocycles. The molecule has 0 bridgehead atoms. The van der Waals surface area contributed by atoms with Crippen LogP contribution >= 0.6 is 0 Å². The van der Waals surface area contributed by atoms with Gasteiger partial charge in [-0.05, 0) is 19.4 Å². The van der Waals surface area contributed by atoms with Crippen LogP contribution in [0.2, 0.25) is 0 Å². The molecule has 1 fully saturated rings. The molecule has 0 aromatic heterocycles. The molecule has 12 heavy (non-hydrogen) atoms. The Morgan fingerprint density at radius 1 is 1.75 bits per heavy atom. The quantitative estimate of drug-likeness (QED) is 0.587. The summed E-state index contributed by atoms with van der Waals surface area (Å²) in [5.41, 5.74) is -0.701. The topological polar surface area (TPSA) is 49.3 Å². The molecule has 3 heteroatoms. The lowest BCUT2D eigenvalue weighted by Crippen LogP contribution is -2.45. The zero-order valence-corrected chi connectivity index (χ0v) is 6.97. The van der Waals surface area contributed by atoms with E-state index in [0.717, 1.165) is 13.0 Å². The van der Waals surface area contributed by atoms with Crippen LogP contribution in [0.15, 0.2) is 0 Å². The van der Waals surface area contributed by atoms with E-state index in [9.17, 15) is 4.79 Å². The maximum Gasteiger partial charge on any atom is 0.311 e. The molecule has 0 radical (unpaired) electrons. The van der Waals surface area contributed by atoms with E-state index in [-0.39, 0.29) is 0 Å².